The predicted molar refractivity (Wildman–Crippen MR) is 80.5 cm³/mol. The normalized spacial score (nSPS) is 18.4. The molecule has 1 aliphatic carbocycles. The number of benzene rings is 1. The van der Waals surface area contributed by atoms with E-state index in [0.717, 1.165) is 19.5 Å². The van der Waals surface area contributed by atoms with E-state index in [1.165, 1.54) is 35.7 Å². The maximum atomic E-state index is 6.39. The van der Waals surface area contributed by atoms with E-state index in [1.54, 1.807) is 0 Å². The minimum atomic E-state index is 0.113. The molecule has 0 atom stereocenters. The van der Waals surface area contributed by atoms with Crippen LogP contribution in [0.15, 0.2) is 28.7 Å². The molecular weight excluding hydrogens is 288 g/mol. The Bertz CT molecular complexity index is 386. The zero-order chi connectivity index (χ0) is 13.0. The summed E-state index contributed by atoms with van der Waals surface area (Å²) < 4.78 is 1.19. The predicted octanol–water partition coefficient (Wildman–Crippen LogP) is 3.54. The van der Waals surface area contributed by atoms with E-state index in [2.05, 4.69) is 52.1 Å². The number of hydrogen-bond donors (Lipinski definition) is 1. The summed E-state index contributed by atoms with van der Waals surface area (Å²) in [7, 11) is 2.18. The van der Waals surface area contributed by atoms with Crippen molar-refractivity contribution in [3.63, 3.8) is 0 Å². The van der Waals surface area contributed by atoms with Crippen LogP contribution < -0.4 is 5.73 Å². The van der Waals surface area contributed by atoms with Crippen molar-refractivity contribution in [1.29, 1.82) is 0 Å². The van der Waals surface area contributed by atoms with Crippen molar-refractivity contribution in [2.75, 3.05) is 13.6 Å². The van der Waals surface area contributed by atoms with Crippen LogP contribution in [-0.4, -0.2) is 24.0 Å². The summed E-state index contributed by atoms with van der Waals surface area (Å²) in [5, 5.41) is 0. The van der Waals surface area contributed by atoms with Crippen molar-refractivity contribution in [3.8, 4) is 0 Å². The number of rotatable bonds is 5. The molecule has 100 valence electrons. The Hall–Kier alpha value is -0.380. The summed E-state index contributed by atoms with van der Waals surface area (Å²) >= 11 is 3.60. The first kappa shape index (κ1) is 14.0. The molecule has 0 aliphatic heterocycles. The Morgan fingerprint density at radius 1 is 1.28 bits per heavy atom. The summed E-state index contributed by atoms with van der Waals surface area (Å²) in [4.78, 5) is 2.37. The fraction of sp³-hybridized carbons (Fsp3) is 0.600. The Balaban J connectivity index is 1.82. The maximum absolute atomic E-state index is 6.39. The van der Waals surface area contributed by atoms with Gasteiger partial charge in [-0.25, -0.2) is 0 Å². The minimum absolute atomic E-state index is 0.113. The SMILES string of the molecule is CN(CCC1(N)CCCC1)Cc1ccccc1Br. The van der Waals surface area contributed by atoms with Crippen LogP contribution in [0.25, 0.3) is 0 Å². The molecule has 0 aromatic heterocycles. The molecule has 0 bridgehead atoms. The van der Waals surface area contributed by atoms with Crippen LogP contribution in [0.4, 0.5) is 0 Å². The van der Waals surface area contributed by atoms with Gasteiger partial charge in [0.05, 0.1) is 0 Å². The number of nitrogens with two attached hydrogens (primary N) is 1. The van der Waals surface area contributed by atoms with E-state index in [4.69, 9.17) is 5.73 Å². The Labute approximate surface area is 119 Å². The molecule has 2 N–H and O–H groups in total. The Morgan fingerprint density at radius 2 is 1.94 bits per heavy atom. The van der Waals surface area contributed by atoms with Gasteiger partial charge in [0, 0.05) is 16.6 Å². The summed E-state index contributed by atoms with van der Waals surface area (Å²) in [6.45, 7) is 2.06. The molecule has 0 radical (unpaired) electrons. The highest BCUT2D eigenvalue weighted by molar-refractivity contribution is 9.10. The lowest BCUT2D eigenvalue weighted by atomic mass is 9.94. The molecule has 0 spiro atoms. The van der Waals surface area contributed by atoms with Crippen molar-refractivity contribution in [3.05, 3.63) is 34.3 Å². The average molecular weight is 311 g/mol. The van der Waals surface area contributed by atoms with Crippen LogP contribution in [0.3, 0.4) is 0 Å². The summed E-state index contributed by atoms with van der Waals surface area (Å²) in [5.41, 5.74) is 7.85. The van der Waals surface area contributed by atoms with Crippen molar-refractivity contribution in [2.45, 2.75) is 44.2 Å². The first-order chi connectivity index (χ1) is 8.59. The van der Waals surface area contributed by atoms with E-state index in [9.17, 15) is 0 Å². The van der Waals surface area contributed by atoms with Gasteiger partial charge >= 0.3 is 0 Å². The lowest BCUT2D eigenvalue weighted by Gasteiger charge is -2.27. The maximum Gasteiger partial charge on any atom is 0.0241 e. The van der Waals surface area contributed by atoms with E-state index in [-0.39, 0.29) is 5.54 Å². The van der Waals surface area contributed by atoms with Crippen LogP contribution in [-0.2, 0) is 6.54 Å². The first-order valence-electron chi connectivity index (χ1n) is 6.80. The van der Waals surface area contributed by atoms with Crippen LogP contribution in [0.5, 0.6) is 0 Å². The van der Waals surface area contributed by atoms with Gasteiger partial charge in [0.25, 0.3) is 0 Å². The summed E-state index contributed by atoms with van der Waals surface area (Å²) in [6, 6.07) is 8.43. The highest BCUT2D eigenvalue weighted by Gasteiger charge is 2.28. The smallest absolute Gasteiger partial charge is 0.0241 e. The first-order valence-corrected chi connectivity index (χ1v) is 7.59. The van der Waals surface area contributed by atoms with Crippen LogP contribution >= 0.6 is 15.9 Å². The molecule has 1 aliphatic rings. The second-order valence-corrected chi connectivity index (χ2v) is 6.50. The molecule has 1 saturated carbocycles. The summed E-state index contributed by atoms with van der Waals surface area (Å²) in [6.07, 6.45) is 6.15. The van der Waals surface area contributed by atoms with Crippen molar-refractivity contribution in [1.82, 2.24) is 4.90 Å². The zero-order valence-electron chi connectivity index (χ0n) is 11.2. The third-order valence-corrected chi connectivity index (χ3v) is 4.76. The Kier molecular flexibility index (Phi) is 4.82. The molecule has 1 aromatic carbocycles. The lowest BCUT2D eigenvalue weighted by molar-refractivity contribution is 0.273. The Morgan fingerprint density at radius 3 is 2.61 bits per heavy atom. The monoisotopic (exact) mass is 310 g/mol. The van der Waals surface area contributed by atoms with Crippen LogP contribution in [0.1, 0.15) is 37.7 Å². The standard InChI is InChI=1S/C15H23BrN2/c1-18(11-10-15(17)8-4-5-9-15)12-13-6-2-3-7-14(13)16/h2-3,6-7H,4-5,8-12,17H2,1H3. The van der Waals surface area contributed by atoms with Gasteiger partial charge < -0.3 is 10.6 Å². The molecule has 2 rings (SSSR count). The van der Waals surface area contributed by atoms with Gasteiger partial charge in [0.2, 0.25) is 0 Å². The van der Waals surface area contributed by atoms with E-state index < -0.39 is 0 Å². The van der Waals surface area contributed by atoms with Gasteiger partial charge in [0.1, 0.15) is 0 Å². The number of halogens is 1. The van der Waals surface area contributed by atoms with E-state index in [0.29, 0.717) is 0 Å². The van der Waals surface area contributed by atoms with Crippen molar-refractivity contribution in [2.24, 2.45) is 5.73 Å². The van der Waals surface area contributed by atoms with Gasteiger partial charge in [-0.05, 0) is 44.5 Å². The van der Waals surface area contributed by atoms with Gasteiger partial charge in [0.15, 0.2) is 0 Å². The average Bonchev–Trinajstić information content (AvgIpc) is 2.77. The molecule has 2 nitrogen and oxygen atoms in total. The molecule has 18 heavy (non-hydrogen) atoms. The fourth-order valence-corrected chi connectivity index (χ4v) is 3.15. The van der Waals surface area contributed by atoms with E-state index in [1.807, 2.05) is 0 Å². The van der Waals surface area contributed by atoms with Gasteiger partial charge in [-0.3, -0.25) is 0 Å². The second-order valence-electron chi connectivity index (χ2n) is 5.65. The van der Waals surface area contributed by atoms with Gasteiger partial charge in [-0.15, -0.1) is 0 Å². The highest BCUT2D eigenvalue weighted by atomic mass is 79.9. The van der Waals surface area contributed by atoms with Gasteiger partial charge in [-0.2, -0.15) is 0 Å². The number of hydrogen-bond acceptors (Lipinski definition) is 2. The third kappa shape index (κ3) is 3.81. The molecular formula is C15H23BrN2. The quantitative estimate of drug-likeness (QED) is 0.901. The number of nitrogens with zero attached hydrogens (tertiary/aromatic N) is 1. The molecule has 0 unspecified atom stereocenters. The van der Waals surface area contributed by atoms with Crippen LogP contribution in [0.2, 0.25) is 0 Å². The third-order valence-electron chi connectivity index (χ3n) is 3.99. The summed E-state index contributed by atoms with van der Waals surface area (Å²) in [5.74, 6) is 0. The molecule has 0 amide bonds. The zero-order valence-corrected chi connectivity index (χ0v) is 12.7. The molecule has 0 heterocycles. The highest BCUT2D eigenvalue weighted by Crippen LogP contribution is 2.30. The van der Waals surface area contributed by atoms with Crippen LogP contribution in [0, 0.1) is 0 Å². The fourth-order valence-electron chi connectivity index (χ4n) is 2.74. The van der Waals surface area contributed by atoms with Crippen molar-refractivity contribution >= 4 is 15.9 Å². The second kappa shape index (κ2) is 6.18. The topological polar surface area (TPSA) is 29.3 Å². The molecule has 1 fully saturated rings. The van der Waals surface area contributed by atoms with Gasteiger partial charge in [-0.1, -0.05) is 47.0 Å². The largest absolute Gasteiger partial charge is 0.325 e. The van der Waals surface area contributed by atoms with Crippen molar-refractivity contribution < 1.29 is 0 Å². The minimum Gasteiger partial charge on any atom is -0.325 e. The lowest BCUT2D eigenvalue weighted by Crippen LogP contribution is -2.39. The van der Waals surface area contributed by atoms with E-state index >= 15 is 0 Å². The molecule has 0 saturated heterocycles. The molecule has 3 heteroatoms. The molecule has 1 aromatic rings.